The van der Waals surface area contributed by atoms with E-state index in [1.807, 2.05) is 37.4 Å². The summed E-state index contributed by atoms with van der Waals surface area (Å²) >= 11 is 6.21. The number of benzene rings is 2. The molecule has 0 bridgehead atoms. The average molecular weight is 461 g/mol. The van der Waals surface area contributed by atoms with Crippen LogP contribution in [0.3, 0.4) is 0 Å². The lowest BCUT2D eigenvalue weighted by Gasteiger charge is -2.36. The van der Waals surface area contributed by atoms with Crippen LogP contribution in [0.25, 0.3) is 27.9 Å². The van der Waals surface area contributed by atoms with Crippen LogP contribution in [0.5, 0.6) is 0 Å². The Kier molecular flexibility index (Phi) is 5.72. The zero-order chi connectivity index (χ0) is 23.1. The van der Waals surface area contributed by atoms with E-state index < -0.39 is 0 Å². The molecule has 5 rings (SSSR count). The molecule has 1 aliphatic rings. The Hall–Kier alpha value is -3.09. The number of nitrogen functional groups attached to an aromatic ring is 1. The summed E-state index contributed by atoms with van der Waals surface area (Å²) in [4.78, 5) is 9.72. The predicted octanol–water partition coefficient (Wildman–Crippen LogP) is 5.14. The van der Waals surface area contributed by atoms with Gasteiger partial charge in [-0.15, -0.1) is 0 Å². The highest BCUT2D eigenvalue weighted by molar-refractivity contribution is 6.30. The van der Waals surface area contributed by atoms with Crippen LogP contribution in [0.2, 0.25) is 5.02 Å². The normalized spacial score (nSPS) is 15.0. The van der Waals surface area contributed by atoms with Gasteiger partial charge in [0.25, 0.3) is 0 Å². The van der Waals surface area contributed by atoms with Gasteiger partial charge in [-0.1, -0.05) is 35.9 Å². The topological polar surface area (TPSA) is 62.7 Å². The van der Waals surface area contributed by atoms with Crippen molar-refractivity contribution in [2.24, 2.45) is 0 Å². The number of halogens is 1. The van der Waals surface area contributed by atoms with Gasteiger partial charge in [0.15, 0.2) is 5.65 Å². The van der Waals surface area contributed by atoms with E-state index in [-0.39, 0.29) is 0 Å². The fourth-order valence-electron chi connectivity index (χ4n) is 4.85. The summed E-state index contributed by atoms with van der Waals surface area (Å²) in [6.45, 7) is 4.11. The molecule has 2 aromatic heterocycles. The van der Waals surface area contributed by atoms with Crippen molar-refractivity contribution >= 4 is 28.8 Å². The van der Waals surface area contributed by atoms with Gasteiger partial charge >= 0.3 is 0 Å². The van der Waals surface area contributed by atoms with Crippen molar-refractivity contribution in [3.8, 4) is 22.3 Å². The van der Waals surface area contributed by atoms with Crippen LogP contribution in [-0.4, -0.2) is 52.7 Å². The lowest BCUT2D eigenvalue weighted by Crippen LogP contribution is -2.41. The van der Waals surface area contributed by atoms with Gasteiger partial charge in [-0.05, 0) is 69.3 Å². The van der Waals surface area contributed by atoms with Crippen molar-refractivity contribution in [1.29, 1.82) is 0 Å². The molecular weight excluding hydrogens is 432 g/mol. The number of piperidine rings is 1. The first-order chi connectivity index (χ1) is 15.9. The number of hydrogen-bond acceptors (Lipinski definition) is 5. The molecule has 33 heavy (non-hydrogen) atoms. The summed E-state index contributed by atoms with van der Waals surface area (Å²) < 4.78 is 1.73. The van der Waals surface area contributed by atoms with Crippen molar-refractivity contribution < 1.29 is 0 Å². The van der Waals surface area contributed by atoms with Gasteiger partial charge < -0.3 is 15.5 Å². The van der Waals surface area contributed by atoms with Crippen LogP contribution >= 0.6 is 11.6 Å². The largest absolute Gasteiger partial charge is 0.383 e. The molecule has 0 saturated carbocycles. The number of fused-ring (bicyclic) bond motifs is 1. The molecule has 7 heteroatoms. The summed E-state index contributed by atoms with van der Waals surface area (Å²) in [5.41, 5.74) is 13.3. The highest BCUT2D eigenvalue weighted by atomic mass is 35.5. The van der Waals surface area contributed by atoms with E-state index in [0.717, 1.165) is 46.7 Å². The third-order valence-electron chi connectivity index (χ3n) is 6.69. The summed E-state index contributed by atoms with van der Waals surface area (Å²) in [5.74, 6) is 0.563. The van der Waals surface area contributed by atoms with E-state index in [0.29, 0.717) is 16.9 Å². The molecule has 0 aliphatic carbocycles. The fourth-order valence-corrected chi connectivity index (χ4v) is 5.04. The summed E-state index contributed by atoms with van der Waals surface area (Å²) in [6, 6.07) is 17.0. The third kappa shape index (κ3) is 4.05. The van der Waals surface area contributed by atoms with Gasteiger partial charge in [0.2, 0.25) is 0 Å². The van der Waals surface area contributed by atoms with Crippen LogP contribution in [0.1, 0.15) is 18.5 Å². The molecule has 0 radical (unpaired) electrons. The monoisotopic (exact) mass is 460 g/mol. The van der Waals surface area contributed by atoms with E-state index in [1.165, 1.54) is 18.5 Å². The number of rotatable bonds is 4. The van der Waals surface area contributed by atoms with Gasteiger partial charge in [0.1, 0.15) is 5.82 Å². The Balaban J connectivity index is 1.51. The lowest BCUT2D eigenvalue weighted by atomic mass is 10.0. The minimum absolute atomic E-state index is 0.563. The standard InChI is InChI=1S/C26H29ClN6/c1-17-24(19-7-4-8-20(27)14-19)25(28)33-26(30-17)23(16-29-33)18-6-5-9-22(15-18)32-12-10-21(11-13-32)31(2)3/h4-9,14-16,21H,10-13,28H2,1-3H3. The van der Waals surface area contributed by atoms with Crippen LogP contribution in [0.15, 0.2) is 54.7 Å². The molecule has 0 spiro atoms. The van der Waals surface area contributed by atoms with E-state index in [2.05, 4.69) is 53.3 Å². The second kappa shape index (κ2) is 8.69. The molecule has 1 aliphatic heterocycles. The molecule has 0 unspecified atom stereocenters. The molecule has 3 heterocycles. The maximum atomic E-state index is 6.58. The molecule has 2 N–H and O–H groups in total. The van der Waals surface area contributed by atoms with Crippen molar-refractivity contribution in [3.63, 3.8) is 0 Å². The van der Waals surface area contributed by atoms with Crippen LogP contribution in [0, 0.1) is 6.92 Å². The van der Waals surface area contributed by atoms with Crippen LogP contribution in [0.4, 0.5) is 11.5 Å². The zero-order valence-corrected chi connectivity index (χ0v) is 20.0. The van der Waals surface area contributed by atoms with Crippen molar-refractivity contribution in [2.45, 2.75) is 25.8 Å². The summed E-state index contributed by atoms with van der Waals surface area (Å²) in [6.07, 6.45) is 4.21. The predicted molar refractivity (Wildman–Crippen MR) is 137 cm³/mol. The summed E-state index contributed by atoms with van der Waals surface area (Å²) in [5, 5.41) is 5.26. The maximum absolute atomic E-state index is 6.58. The van der Waals surface area contributed by atoms with E-state index in [1.54, 1.807) is 4.52 Å². The first-order valence-electron chi connectivity index (χ1n) is 11.3. The number of hydrogen-bond donors (Lipinski definition) is 1. The molecule has 170 valence electrons. The van der Waals surface area contributed by atoms with Gasteiger partial charge in [-0.25, -0.2) is 4.98 Å². The highest BCUT2D eigenvalue weighted by Gasteiger charge is 2.22. The van der Waals surface area contributed by atoms with Gasteiger partial charge in [0, 0.05) is 41.0 Å². The number of aromatic nitrogens is 3. The molecule has 0 amide bonds. The van der Waals surface area contributed by atoms with Gasteiger partial charge in [-0.2, -0.15) is 9.61 Å². The molecule has 6 nitrogen and oxygen atoms in total. The Labute approximate surface area is 199 Å². The Morgan fingerprint density at radius 1 is 1.03 bits per heavy atom. The fraction of sp³-hybridized carbons (Fsp3) is 0.308. The van der Waals surface area contributed by atoms with Crippen molar-refractivity contribution in [2.75, 3.05) is 37.8 Å². The quantitative estimate of drug-likeness (QED) is 0.457. The van der Waals surface area contributed by atoms with Crippen LogP contribution < -0.4 is 10.6 Å². The SMILES string of the molecule is Cc1nc2c(-c3cccc(N4CCC(N(C)C)CC4)c3)cnn2c(N)c1-c1cccc(Cl)c1. The second-order valence-corrected chi connectivity index (χ2v) is 9.43. The smallest absolute Gasteiger partial charge is 0.165 e. The average Bonchev–Trinajstić information content (AvgIpc) is 3.23. The highest BCUT2D eigenvalue weighted by Crippen LogP contribution is 2.34. The number of aryl methyl sites for hydroxylation is 1. The van der Waals surface area contributed by atoms with Gasteiger partial charge in [0.05, 0.1) is 11.9 Å². The van der Waals surface area contributed by atoms with Crippen molar-refractivity contribution in [1.82, 2.24) is 19.5 Å². The van der Waals surface area contributed by atoms with E-state index in [4.69, 9.17) is 22.3 Å². The molecular formula is C26H29ClN6. The van der Waals surface area contributed by atoms with E-state index >= 15 is 0 Å². The lowest BCUT2D eigenvalue weighted by molar-refractivity contribution is 0.249. The first kappa shape index (κ1) is 21.7. The first-order valence-corrected chi connectivity index (χ1v) is 11.7. The Morgan fingerprint density at radius 2 is 1.76 bits per heavy atom. The second-order valence-electron chi connectivity index (χ2n) is 8.99. The molecule has 2 aromatic carbocycles. The minimum Gasteiger partial charge on any atom is -0.383 e. The number of nitrogens with two attached hydrogens (primary N) is 1. The van der Waals surface area contributed by atoms with Gasteiger partial charge in [-0.3, -0.25) is 0 Å². The van der Waals surface area contributed by atoms with Crippen LogP contribution in [-0.2, 0) is 0 Å². The third-order valence-corrected chi connectivity index (χ3v) is 6.93. The van der Waals surface area contributed by atoms with E-state index in [9.17, 15) is 0 Å². The molecule has 1 saturated heterocycles. The Bertz CT molecular complexity index is 1300. The molecule has 0 atom stereocenters. The van der Waals surface area contributed by atoms with Crippen molar-refractivity contribution in [3.05, 3.63) is 65.4 Å². The Morgan fingerprint density at radius 3 is 2.48 bits per heavy atom. The number of anilines is 2. The zero-order valence-electron chi connectivity index (χ0n) is 19.3. The summed E-state index contributed by atoms with van der Waals surface area (Å²) in [7, 11) is 4.34. The molecule has 4 aromatic rings. The minimum atomic E-state index is 0.563. The number of nitrogens with zero attached hydrogens (tertiary/aromatic N) is 5. The molecule has 1 fully saturated rings. The maximum Gasteiger partial charge on any atom is 0.165 e.